The molecule has 0 amide bonds. The third kappa shape index (κ3) is 4.11. The molecule has 1 fully saturated rings. The molecule has 2 aromatic heterocycles. The second-order valence-electron chi connectivity index (χ2n) is 7.33. The van der Waals surface area contributed by atoms with Crippen molar-refractivity contribution in [3.63, 3.8) is 0 Å². The Bertz CT molecular complexity index is 1170. The van der Waals surface area contributed by atoms with Gasteiger partial charge in [-0.2, -0.15) is 4.68 Å². The van der Waals surface area contributed by atoms with Crippen molar-refractivity contribution >= 4 is 17.7 Å². The fourth-order valence-corrected chi connectivity index (χ4v) is 4.60. The van der Waals surface area contributed by atoms with Gasteiger partial charge in [0.25, 0.3) is 0 Å². The van der Waals surface area contributed by atoms with Crippen LogP contribution in [-0.2, 0) is 16.9 Å². The number of benzene rings is 2. The summed E-state index contributed by atoms with van der Waals surface area (Å²) in [6.45, 7) is 5.14. The van der Waals surface area contributed by atoms with Gasteiger partial charge in [0.2, 0.25) is 5.95 Å². The minimum atomic E-state index is 0.567. The smallest absolute Gasteiger partial charge is 0.232 e. The average Bonchev–Trinajstić information content (AvgIpc) is 3.51. The van der Waals surface area contributed by atoms with E-state index in [1.165, 1.54) is 5.56 Å². The molecule has 0 aliphatic carbocycles. The van der Waals surface area contributed by atoms with Gasteiger partial charge in [-0.25, -0.2) is 0 Å². The Morgan fingerprint density at radius 3 is 2.53 bits per heavy atom. The molecule has 4 aromatic rings. The fraction of sp³-hybridized carbons (Fsp3) is 0.318. The maximum absolute atomic E-state index is 5.54. The van der Waals surface area contributed by atoms with Crippen LogP contribution < -0.4 is 4.90 Å². The van der Waals surface area contributed by atoms with Gasteiger partial charge in [0.1, 0.15) is 0 Å². The topological polar surface area (TPSA) is 86.8 Å². The first-order valence-electron chi connectivity index (χ1n) is 10.7. The van der Waals surface area contributed by atoms with Crippen LogP contribution in [-0.4, -0.2) is 61.3 Å². The van der Waals surface area contributed by atoms with Gasteiger partial charge in [-0.05, 0) is 40.6 Å². The summed E-state index contributed by atoms with van der Waals surface area (Å²) in [5.74, 6) is 2.17. The predicted octanol–water partition coefficient (Wildman–Crippen LogP) is 2.93. The Balaban J connectivity index is 1.48. The molecule has 0 unspecified atom stereocenters. The standard InChI is InChI=1S/C22H24N8OS/c1-2-17-8-6-7-11-19(17)29-21(28-12-14-31-15-13-28)24-25-22(29)32-16-20-23-26-27-30(20)18-9-4-3-5-10-18/h3-11H,2,12-16H2,1H3. The van der Waals surface area contributed by atoms with Gasteiger partial charge < -0.3 is 9.64 Å². The molecule has 0 radical (unpaired) electrons. The van der Waals surface area contributed by atoms with Crippen molar-refractivity contribution < 1.29 is 4.74 Å². The number of tetrazole rings is 1. The molecule has 5 rings (SSSR count). The fourth-order valence-electron chi connectivity index (χ4n) is 3.76. The molecule has 0 saturated carbocycles. The summed E-state index contributed by atoms with van der Waals surface area (Å²) in [6.07, 6.45) is 0.924. The number of hydrogen-bond acceptors (Lipinski definition) is 8. The monoisotopic (exact) mass is 448 g/mol. The van der Waals surface area contributed by atoms with Crippen LogP contribution in [0.25, 0.3) is 11.4 Å². The van der Waals surface area contributed by atoms with E-state index in [-0.39, 0.29) is 0 Å². The van der Waals surface area contributed by atoms with Crippen LogP contribution in [0.5, 0.6) is 0 Å². The lowest BCUT2D eigenvalue weighted by Crippen LogP contribution is -2.38. The maximum atomic E-state index is 5.54. The lowest BCUT2D eigenvalue weighted by atomic mass is 10.1. The Morgan fingerprint density at radius 1 is 0.938 bits per heavy atom. The predicted molar refractivity (Wildman–Crippen MR) is 122 cm³/mol. The molecule has 3 heterocycles. The third-order valence-electron chi connectivity index (χ3n) is 5.39. The lowest BCUT2D eigenvalue weighted by molar-refractivity contribution is 0.122. The molecular formula is C22H24N8OS. The van der Waals surface area contributed by atoms with Crippen LogP contribution in [0, 0.1) is 0 Å². The number of hydrogen-bond donors (Lipinski definition) is 0. The van der Waals surface area contributed by atoms with Crippen molar-refractivity contribution in [2.45, 2.75) is 24.3 Å². The van der Waals surface area contributed by atoms with E-state index in [1.807, 2.05) is 30.3 Å². The molecule has 10 heteroatoms. The molecule has 1 aliphatic heterocycles. The van der Waals surface area contributed by atoms with Gasteiger partial charge in [0.15, 0.2) is 11.0 Å². The minimum absolute atomic E-state index is 0.567. The Morgan fingerprint density at radius 2 is 1.72 bits per heavy atom. The SMILES string of the molecule is CCc1ccccc1-n1c(SCc2nnnn2-c2ccccc2)nnc1N1CCOCC1. The van der Waals surface area contributed by atoms with E-state index >= 15 is 0 Å². The van der Waals surface area contributed by atoms with Crippen molar-refractivity contribution in [1.82, 2.24) is 35.0 Å². The Kier molecular flexibility index (Phi) is 6.13. The van der Waals surface area contributed by atoms with Crippen LogP contribution in [0.1, 0.15) is 18.3 Å². The van der Waals surface area contributed by atoms with Gasteiger partial charge in [-0.1, -0.05) is 55.1 Å². The number of aromatic nitrogens is 7. The molecule has 164 valence electrons. The summed E-state index contributed by atoms with van der Waals surface area (Å²) in [5, 5.41) is 22.2. The highest BCUT2D eigenvalue weighted by Crippen LogP contribution is 2.30. The summed E-state index contributed by atoms with van der Waals surface area (Å²) in [7, 11) is 0. The number of thioether (sulfide) groups is 1. The van der Waals surface area contributed by atoms with Crippen LogP contribution in [0.2, 0.25) is 0 Å². The summed E-state index contributed by atoms with van der Waals surface area (Å²) < 4.78 is 9.46. The van der Waals surface area contributed by atoms with E-state index in [9.17, 15) is 0 Å². The molecule has 2 aromatic carbocycles. The number of para-hydroxylation sites is 2. The van der Waals surface area contributed by atoms with E-state index in [1.54, 1.807) is 16.4 Å². The molecule has 1 saturated heterocycles. The van der Waals surface area contributed by atoms with Crippen LogP contribution in [0.3, 0.4) is 0 Å². The second kappa shape index (κ2) is 9.49. The largest absolute Gasteiger partial charge is 0.378 e. The second-order valence-corrected chi connectivity index (χ2v) is 8.27. The minimum Gasteiger partial charge on any atom is -0.378 e. The molecule has 0 atom stereocenters. The molecule has 9 nitrogen and oxygen atoms in total. The highest BCUT2D eigenvalue weighted by molar-refractivity contribution is 7.98. The average molecular weight is 449 g/mol. The van der Waals surface area contributed by atoms with Crippen LogP contribution in [0.4, 0.5) is 5.95 Å². The van der Waals surface area contributed by atoms with Crippen molar-refractivity contribution in [1.29, 1.82) is 0 Å². The number of rotatable bonds is 7. The first-order valence-corrected chi connectivity index (χ1v) is 11.7. The van der Waals surface area contributed by atoms with Gasteiger partial charge in [0.05, 0.1) is 30.3 Å². The number of aryl methyl sites for hydroxylation is 1. The number of ether oxygens (including phenoxy) is 1. The van der Waals surface area contributed by atoms with Crippen molar-refractivity contribution in [2.24, 2.45) is 0 Å². The zero-order valence-electron chi connectivity index (χ0n) is 17.8. The highest BCUT2D eigenvalue weighted by atomic mass is 32.2. The molecule has 32 heavy (non-hydrogen) atoms. The van der Waals surface area contributed by atoms with Crippen LogP contribution >= 0.6 is 11.8 Å². The number of morpholine rings is 1. The molecular weight excluding hydrogens is 424 g/mol. The van der Waals surface area contributed by atoms with Gasteiger partial charge >= 0.3 is 0 Å². The van der Waals surface area contributed by atoms with Crippen LogP contribution in [0.15, 0.2) is 59.8 Å². The maximum Gasteiger partial charge on any atom is 0.232 e. The van der Waals surface area contributed by atoms with Gasteiger partial charge in [0, 0.05) is 13.1 Å². The van der Waals surface area contributed by atoms with E-state index in [0.29, 0.717) is 19.0 Å². The first-order chi connectivity index (χ1) is 15.8. The quantitative estimate of drug-likeness (QED) is 0.399. The van der Waals surface area contributed by atoms with Crippen molar-refractivity contribution in [3.05, 3.63) is 66.0 Å². The Hall–Kier alpha value is -3.24. The molecule has 0 spiro atoms. The number of nitrogens with zero attached hydrogens (tertiary/aromatic N) is 8. The third-order valence-corrected chi connectivity index (χ3v) is 6.31. The van der Waals surface area contributed by atoms with Gasteiger partial charge in [-0.3, -0.25) is 4.57 Å². The molecule has 0 bridgehead atoms. The van der Waals surface area contributed by atoms with E-state index in [4.69, 9.17) is 4.74 Å². The highest BCUT2D eigenvalue weighted by Gasteiger charge is 2.23. The normalized spacial score (nSPS) is 14.1. The summed E-state index contributed by atoms with van der Waals surface area (Å²) in [4.78, 5) is 2.24. The summed E-state index contributed by atoms with van der Waals surface area (Å²) in [5.41, 5.74) is 3.28. The van der Waals surface area contributed by atoms with Gasteiger partial charge in [-0.15, -0.1) is 15.3 Å². The van der Waals surface area contributed by atoms with E-state index < -0.39 is 0 Å². The molecule has 1 aliphatic rings. The zero-order valence-corrected chi connectivity index (χ0v) is 18.6. The van der Waals surface area contributed by atoms with E-state index in [2.05, 4.69) is 66.4 Å². The lowest BCUT2D eigenvalue weighted by Gasteiger charge is -2.28. The number of anilines is 1. The zero-order chi connectivity index (χ0) is 21.8. The summed E-state index contributed by atoms with van der Waals surface area (Å²) >= 11 is 1.58. The molecule has 0 N–H and O–H groups in total. The van der Waals surface area contributed by atoms with Crippen molar-refractivity contribution in [3.8, 4) is 11.4 Å². The van der Waals surface area contributed by atoms with E-state index in [0.717, 1.165) is 47.8 Å². The summed E-state index contributed by atoms with van der Waals surface area (Å²) in [6, 6.07) is 18.3. The first kappa shape index (κ1) is 20.7. The van der Waals surface area contributed by atoms with Crippen molar-refractivity contribution in [2.75, 3.05) is 31.2 Å². The Labute approximate surface area is 190 Å².